The summed E-state index contributed by atoms with van der Waals surface area (Å²) in [6.07, 6.45) is 0.447. The first-order valence-corrected chi connectivity index (χ1v) is 4.81. The minimum absolute atomic E-state index is 0.105. The molecule has 1 heterocycles. The number of aliphatic hydroxyl groups is 1. The number of aliphatic hydroxyl groups excluding tert-OH is 1. The molecule has 0 bridgehead atoms. The van der Waals surface area contributed by atoms with E-state index >= 15 is 0 Å². The van der Waals surface area contributed by atoms with E-state index in [9.17, 15) is 4.79 Å². The molecule has 0 saturated carbocycles. The maximum absolute atomic E-state index is 10.6. The van der Waals surface area contributed by atoms with Crippen LogP contribution in [0.3, 0.4) is 0 Å². The van der Waals surface area contributed by atoms with Crippen LogP contribution in [-0.2, 0) is 11.3 Å². The number of methoxy groups -OCH3 is 1. The largest absolute Gasteiger partial charge is 0.481 e. The van der Waals surface area contributed by atoms with Crippen LogP contribution >= 0.6 is 0 Å². The first-order valence-electron chi connectivity index (χ1n) is 4.81. The molecule has 0 aliphatic rings. The molecule has 0 radical (unpaired) electrons. The summed E-state index contributed by atoms with van der Waals surface area (Å²) < 4.78 is 5.05. The highest BCUT2D eigenvalue weighted by molar-refractivity contribution is 5.78. The average molecular weight is 225 g/mol. The highest BCUT2D eigenvalue weighted by atomic mass is 16.5. The molecule has 0 saturated heterocycles. The number of nitrogens with two attached hydrogens (primary N) is 1. The molecule has 1 atom stereocenters. The number of ether oxygens (including phenoxy) is 1. The Kier molecular flexibility index (Phi) is 4.68. The smallest absolute Gasteiger partial charge is 0.247 e. The number of nitrogens with one attached hydrogen (secondary N) is 1. The SMILES string of the molecule is COc1ncccc1CNCC(O)C(N)=O. The molecule has 6 heteroatoms. The van der Waals surface area contributed by atoms with Crippen molar-refractivity contribution in [1.82, 2.24) is 10.3 Å². The zero-order valence-corrected chi connectivity index (χ0v) is 9.01. The molecule has 1 rings (SSSR count). The summed E-state index contributed by atoms with van der Waals surface area (Å²) in [5.41, 5.74) is 5.75. The van der Waals surface area contributed by atoms with Gasteiger partial charge in [-0.3, -0.25) is 4.79 Å². The molecule has 1 aromatic rings. The van der Waals surface area contributed by atoms with Gasteiger partial charge < -0.3 is 20.9 Å². The minimum atomic E-state index is -1.18. The number of hydrogen-bond acceptors (Lipinski definition) is 5. The van der Waals surface area contributed by atoms with Gasteiger partial charge in [-0.1, -0.05) is 6.07 Å². The fourth-order valence-corrected chi connectivity index (χ4v) is 1.19. The third kappa shape index (κ3) is 3.48. The molecule has 0 aliphatic heterocycles. The Morgan fingerprint density at radius 2 is 2.50 bits per heavy atom. The second-order valence-corrected chi connectivity index (χ2v) is 3.22. The number of pyridine rings is 1. The highest BCUT2D eigenvalue weighted by Crippen LogP contribution is 2.12. The van der Waals surface area contributed by atoms with Gasteiger partial charge in [-0.05, 0) is 6.07 Å². The fourth-order valence-electron chi connectivity index (χ4n) is 1.19. The van der Waals surface area contributed by atoms with Crippen LogP contribution in [0.5, 0.6) is 5.88 Å². The second-order valence-electron chi connectivity index (χ2n) is 3.22. The number of aromatic nitrogens is 1. The summed E-state index contributed by atoms with van der Waals surface area (Å²) in [7, 11) is 1.53. The molecule has 4 N–H and O–H groups in total. The van der Waals surface area contributed by atoms with Crippen LogP contribution in [0.15, 0.2) is 18.3 Å². The van der Waals surface area contributed by atoms with Gasteiger partial charge in [0.05, 0.1) is 7.11 Å². The van der Waals surface area contributed by atoms with Crippen molar-refractivity contribution in [3.63, 3.8) is 0 Å². The first-order chi connectivity index (χ1) is 7.65. The summed E-state index contributed by atoms with van der Waals surface area (Å²) in [4.78, 5) is 14.6. The summed E-state index contributed by atoms with van der Waals surface area (Å²) in [6, 6.07) is 3.62. The molecule has 0 aromatic carbocycles. The standard InChI is InChI=1S/C10H15N3O3/c1-16-10-7(3-2-4-13-10)5-12-6-8(14)9(11)15/h2-4,8,12,14H,5-6H2,1H3,(H2,11,15). The molecule has 88 valence electrons. The van der Waals surface area contributed by atoms with E-state index in [-0.39, 0.29) is 6.54 Å². The Hall–Kier alpha value is -1.66. The van der Waals surface area contributed by atoms with Crippen LogP contribution in [0.1, 0.15) is 5.56 Å². The molecule has 0 spiro atoms. The van der Waals surface area contributed by atoms with Gasteiger partial charge in [0.25, 0.3) is 0 Å². The van der Waals surface area contributed by atoms with Crippen molar-refractivity contribution in [3.05, 3.63) is 23.9 Å². The van der Waals surface area contributed by atoms with Gasteiger partial charge >= 0.3 is 0 Å². The van der Waals surface area contributed by atoms with Crippen LogP contribution in [0.2, 0.25) is 0 Å². The van der Waals surface area contributed by atoms with E-state index in [1.807, 2.05) is 6.07 Å². The van der Waals surface area contributed by atoms with Crippen molar-refractivity contribution in [2.45, 2.75) is 12.6 Å². The Bertz CT molecular complexity index is 357. The van der Waals surface area contributed by atoms with E-state index in [4.69, 9.17) is 15.6 Å². The summed E-state index contributed by atoms with van der Waals surface area (Å²) in [5, 5.41) is 12.0. The van der Waals surface area contributed by atoms with E-state index in [0.717, 1.165) is 5.56 Å². The molecule has 1 unspecified atom stereocenters. The zero-order valence-electron chi connectivity index (χ0n) is 9.01. The number of primary amides is 1. The molecule has 0 aliphatic carbocycles. The normalized spacial score (nSPS) is 12.1. The number of nitrogens with zero attached hydrogens (tertiary/aromatic N) is 1. The van der Waals surface area contributed by atoms with Crippen molar-refractivity contribution < 1.29 is 14.6 Å². The minimum Gasteiger partial charge on any atom is -0.481 e. The molecule has 16 heavy (non-hydrogen) atoms. The lowest BCUT2D eigenvalue weighted by Gasteiger charge is -2.10. The predicted molar refractivity (Wildman–Crippen MR) is 57.7 cm³/mol. The quantitative estimate of drug-likeness (QED) is 0.578. The van der Waals surface area contributed by atoms with Gasteiger partial charge in [0.1, 0.15) is 6.10 Å². The second kappa shape index (κ2) is 6.04. The van der Waals surface area contributed by atoms with Crippen molar-refractivity contribution in [2.75, 3.05) is 13.7 Å². The average Bonchev–Trinajstić information content (AvgIpc) is 2.29. The van der Waals surface area contributed by atoms with Gasteiger partial charge in [0.15, 0.2) is 0 Å². The molecule has 1 aromatic heterocycles. The lowest BCUT2D eigenvalue weighted by atomic mass is 10.2. The predicted octanol–water partition coefficient (Wildman–Crippen LogP) is -0.974. The first kappa shape index (κ1) is 12.4. The Labute approximate surface area is 93.4 Å². The van der Waals surface area contributed by atoms with Gasteiger partial charge in [-0.15, -0.1) is 0 Å². The maximum Gasteiger partial charge on any atom is 0.247 e. The number of rotatable bonds is 6. The van der Waals surface area contributed by atoms with Crippen LogP contribution in [0, 0.1) is 0 Å². The monoisotopic (exact) mass is 225 g/mol. The van der Waals surface area contributed by atoms with E-state index in [1.165, 1.54) is 7.11 Å². The molecule has 1 amide bonds. The lowest BCUT2D eigenvalue weighted by Crippen LogP contribution is -2.37. The fraction of sp³-hybridized carbons (Fsp3) is 0.400. The Morgan fingerprint density at radius 3 is 3.12 bits per heavy atom. The van der Waals surface area contributed by atoms with Crippen LogP contribution in [0.25, 0.3) is 0 Å². The maximum atomic E-state index is 10.6. The van der Waals surface area contributed by atoms with Crippen molar-refractivity contribution >= 4 is 5.91 Å². The van der Waals surface area contributed by atoms with Crippen LogP contribution < -0.4 is 15.8 Å². The zero-order chi connectivity index (χ0) is 12.0. The van der Waals surface area contributed by atoms with Gasteiger partial charge in [0.2, 0.25) is 11.8 Å². The van der Waals surface area contributed by atoms with Crippen molar-refractivity contribution in [3.8, 4) is 5.88 Å². The van der Waals surface area contributed by atoms with E-state index in [1.54, 1.807) is 12.3 Å². The van der Waals surface area contributed by atoms with E-state index in [0.29, 0.717) is 12.4 Å². The number of hydrogen-bond donors (Lipinski definition) is 3. The molecule has 6 nitrogen and oxygen atoms in total. The molecular weight excluding hydrogens is 210 g/mol. The number of amides is 1. The third-order valence-electron chi connectivity index (χ3n) is 2.02. The van der Waals surface area contributed by atoms with Crippen LogP contribution in [0.4, 0.5) is 0 Å². The van der Waals surface area contributed by atoms with Gasteiger partial charge in [-0.25, -0.2) is 4.98 Å². The van der Waals surface area contributed by atoms with E-state index in [2.05, 4.69) is 10.3 Å². The van der Waals surface area contributed by atoms with Crippen LogP contribution in [-0.4, -0.2) is 35.8 Å². The van der Waals surface area contributed by atoms with E-state index < -0.39 is 12.0 Å². The molecular formula is C10H15N3O3. The van der Waals surface area contributed by atoms with Crippen molar-refractivity contribution in [2.24, 2.45) is 5.73 Å². The lowest BCUT2D eigenvalue weighted by molar-refractivity contribution is -0.125. The third-order valence-corrected chi connectivity index (χ3v) is 2.02. The summed E-state index contributed by atoms with van der Waals surface area (Å²) >= 11 is 0. The number of carbonyl (C=O) groups is 1. The Morgan fingerprint density at radius 1 is 1.75 bits per heavy atom. The number of carbonyl (C=O) groups excluding carboxylic acids is 1. The highest BCUT2D eigenvalue weighted by Gasteiger charge is 2.10. The summed E-state index contributed by atoms with van der Waals surface area (Å²) in [6.45, 7) is 0.550. The molecule has 0 fully saturated rings. The summed E-state index contributed by atoms with van der Waals surface area (Å²) in [5.74, 6) is -0.228. The topological polar surface area (TPSA) is 97.5 Å². The van der Waals surface area contributed by atoms with Gasteiger partial charge in [-0.2, -0.15) is 0 Å². The van der Waals surface area contributed by atoms with Crippen molar-refractivity contribution in [1.29, 1.82) is 0 Å². The van der Waals surface area contributed by atoms with Gasteiger partial charge in [0, 0.05) is 24.8 Å². The Balaban J connectivity index is 2.45.